The normalized spacial score (nSPS) is 17.4. The summed E-state index contributed by atoms with van der Waals surface area (Å²) >= 11 is 0. The topological polar surface area (TPSA) is 159 Å². The Hall–Kier alpha value is -4.54. The molecule has 3 aromatic rings. The van der Waals surface area contributed by atoms with Crippen molar-refractivity contribution in [2.75, 3.05) is 22.6 Å². The first-order valence-electron chi connectivity index (χ1n) is 12.0. The summed E-state index contributed by atoms with van der Waals surface area (Å²) in [6, 6.07) is 17.4. The van der Waals surface area contributed by atoms with Crippen LogP contribution in [-0.4, -0.2) is 33.6 Å². The van der Waals surface area contributed by atoms with E-state index in [9.17, 15) is 24.8 Å². The molecule has 0 bridgehead atoms. The second-order valence-electron chi connectivity index (χ2n) is 9.12. The van der Waals surface area contributed by atoms with Gasteiger partial charge >= 0.3 is 0 Å². The number of non-ortho nitro benzene ring substituents is 1. The molecule has 3 aromatic carbocycles. The summed E-state index contributed by atoms with van der Waals surface area (Å²) in [6.45, 7) is 1.62. The van der Waals surface area contributed by atoms with Crippen molar-refractivity contribution >= 4 is 34.6 Å². The molecule has 0 spiro atoms. The summed E-state index contributed by atoms with van der Waals surface area (Å²) in [5, 5.41) is 35.0. The summed E-state index contributed by atoms with van der Waals surface area (Å²) in [7, 11) is 0. The Bertz CT molecular complexity index is 1400. The van der Waals surface area contributed by atoms with Gasteiger partial charge in [-0.05, 0) is 54.4 Å². The minimum atomic E-state index is -2.03. The molecule has 196 valence electrons. The molecule has 10 nitrogen and oxygen atoms in total. The standard InChI is InChI=1S/C28H28N4O6/c1-18(5-2-3-14-33)28(36)24-16-23(32(37)38)12-13-25(24)31(27(28)35)17-19-6-4-7-22(15-19)30-26(34)20-8-10-21(29)11-9-20/h2,4-13,15-16,18,33,36H,3,14,17,29H2,1H3,(H,30,34)/b5-2+/t18-,28+/m0/s1. The average molecular weight is 517 g/mol. The first-order chi connectivity index (χ1) is 18.1. The molecule has 5 N–H and O–H groups in total. The number of nitro groups is 1. The predicted molar refractivity (Wildman–Crippen MR) is 143 cm³/mol. The van der Waals surface area contributed by atoms with Crippen LogP contribution in [-0.2, 0) is 16.9 Å². The third-order valence-corrected chi connectivity index (χ3v) is 6.54. The number of hydrogen-bond acceptors (Lipinski definition) is 7. The Morgan fingerprint density at radius 3 is 2.61 bits per heavy atom. The Morgan fingerprint density at radius 2 is 1.92 bits per heavy atom. The van der Waals surface area contributed by atoms with E-state index in [2.05, 4.69) is 5.32 Å². The number of nitrogens with one attached hydrogen (secondary N) is 1. The van der Waals surface area contributed by atoms with E-state index in [4.69, 9.17) is 10.8 Å². The molecule has 1 heterocycles. The summed E-state index contributed by atoms with van der Waals surface area (Å²) in [4.78, 5) is 38.5. The van der Waals surface area contributed by atoms with Gasteiger partial charge in [-0.15, -0.1) is 0 Å². The van der Waals surface area contributed by atoms with Crippen LogP contribution in [0.25, 0.3) is 0 Å². The summed E-state index contributed by atoms with van der Waals surface area (Å²) < 4.78 is 0. The molecule has 1 aliphatic rings. The van der Waals surface area contributed by atoms with E-state index in [-0.39, 0.29) is 30.3 Å². The van der Waals surface area contributed by atoms with Gasteiger partial charge in [0.1, 0.15) is 0 Å². The van der Waals surface area contributed by atoms with E-state index < -0.39 is 22.3 Å². The van der Waals surface area contributed by atoms with E-state index in [0.717, 1.165) is 0 Å². The van der Waals surface area contributed by atoms with Crippen molar-refractivity contribution in [1.29, 1.82) is 0 Å². The second kappa shape index (κ2) is 10.8. The lowest BCUT2D eigenvalue weighted by Gasteiger charge is -2.27. The van der Waals surface area contributed by atoms with Crippen molar-refractivity contribution in [1.82, 2.24) is 0 Å². The Morgan fingerprint density at radius 1 is 1.18 bits per heavy atom. The molecule has 0 fully saturated rings. The van der Waals surface area contributed by atoms with Crippen LogP contribution in [0.15, 0.2) is 78.9 Å². The Labute approximate surface area is 219 Å². The highest BCUT2D eigenvalue weighted by Crippen LogP contribution is 2.47. The van der Waals surface area contributed by atoms with Crippen molar-refractivity contribution in [3.05, 3.63) is 106 Å². The van der Waals surface area contributed by atoms with Crippen molar-refractivity contribution in [2.24, 2.45) is 5.92 Å². The fourth-order valence-corrected chi connectivity index (χ4v) is 4.49. The number of nitro benzene ring substituents is 1. The van der Waals surface area contributed by atoms with E-state index in [0.29, 0.717) is 34.6 Å². The molecule has 10 heteroatoms. The third-order valence-electron chi connectivity index (χ3n) is 6.54. The van der Waals surface area contributed by atoms with Crippen molar-refractivity contribution < 1.29 is 24.7 Å². The van der Waals surface area contributed by atoms with Crippen molar-refractivity contribution in [2.45, 2.75) is 25.5 Å². The number of carbonyl (C=O) groups excluding carboxylic acids is 2. The summed E-state index contributed by atoms with van der Waals surface area (Å²) in [6.07, 6.45) is 3.62. The predicted octanol–water partition coefficient (Wildman–Crippen LogP) is 3.74. The van der Waals surface area contributed by atoms with Crippen LogP contribution in [0.4, 0.5) is 22.7 Å². The number of carbonyl (C=O) groups is 2. The molecule has 2 atom stereocenters. The van der Waals surface area contributed by atoms with Crippen LogP contribution in [0.5, 0.6) is 0 Å². The van der Waals surface area contributed by atoms with Gasteiger partial charge in [0.25, 0.3) is 17.5 Å². The Balaban J connectivity index is 1.64. The average Bonchev–Trinajstić information content (AvgIpc) is 3.11. The molecule has 38 heavy (non-hydrogen) atoms. The van der Waals surface area contributed by atoms with Gasteiger partial charge in [-0.25, -0.2) is 0 Å². The number of rotatable bonds is 9. The van der Waals surface area contributed by atoms with Crippen LogP contribution in [0.2, 0.25) is 0 Å². The van der Waals surface area contributed by atoms with E-state index in [1.807, 2.05) is 0 Å². The molecular weight excluding hydrogens is 488 g/mol. The van der Waals surface area contributed by atoms with Gasteiger partial charge in [-0.3, -0.25) is 19.7 Å². The lowest BCUT2D eigenvalue weighted by atomic mass is 9.82. The smallest absolute Gasteiger partial charge is 0.269 e. The molecule has 0 unspecified atom stereocenters. The van der Waals surface area contributed by atoms with Crippen LogP contribution in [0.3, 0.4) is 0 Å². The largest absolute Gasteiger partial charge is 0.399 e. The van der Waals surface area contributed by atoms with E-state index >= 15 is 0 Å². The van der Waals surface area contributed by atoms with Gasteiger partial charge in [-0.2, -0.15) is 0 Å². The van der Waals surface area contributed by atoms with Crippen LogP contribution >= 0.6 is 0 Å². The molecule has 2 amide bonds. The zero-order valence-corrected chi connectivity index (χ0v) is 20.7. The van der Waals surface area contributed by atoms with Gasteiger partial charge in [0, 0.05) is 47.2 Å². The number of fused-ring (bicyclic) bond motifs is 1. The van der Waals surface area contributed by atoms with E-state index in [1.165, 1.54) is 23.1 Å². The number of aliphatic hydroxyl groups excluding tert-OH is 1. The molecule has 0 aromatic heterocycles. The lowest BCUT2D eigenvalue weighted by Crippen LogP contribution is -2.44. The number of nitrogens with two attached hydrogens (primary N) is 1. The minimum Gasteiger partial charge on any atom is -0.399 e. The lowest BCUT2D eigenvalue weighted by molar-refractivity contribution is -0.385. The van der Waals surface area contributed by atoms with Gasteiger partial charge in [0.2, 0.25) is 0 Å². The number of anilines is 3. The highest BCUT2D eigenvalue weighted by atomic mass is 16.6. The first kappa shape index (κ1) is 26.5. The molecule has 1 aliphatic heterocycles. The SMILES string of the molecule is C[C@@H](/C=C/CCO)[C@]1(O)C(=O)N(Cc2cccc(NC(=O)c3ccc(N)cc3)c2)c2ccc([N+](=O)[O-])cc21. The number of nitrogens with zero attached hydrogens (tertiary/aromatic N) is 2. The maximum Gasteiger partial charge on any atom is 0.269 e. The highest BCUT2D eigenvalue weighted by Gasteiger charge is 2.53. The second-order valence-corrected chi connectivity index (χ2v) is 9.12. The van der Waals surface area contributed by atoms with Crippen LogP contribution < -0.4 is 16.0 Å². The van der Waals surface area contributed by atoms with Crippen LogP contribution in [0, 0.1) is 16.0 Å². The number of amides is 2. The van der Waals surface area contributed by atoms with Crippen molar-refractivity contribution in [3.8, 4) is 0 Å². The fourth-order valence-electron chi connectivity index (χ4n) is 4.49. The fraction of sp³-hybridized carbons (Fsp3) is 0.214. The summed E-state index contributed by atoms with van der Waals surface area (Å²) in [5.74, 6) is -1.67. The van der Waals surface area contributed by atoms with Gasteiger partial charge < -0.3 is 26.2 Å². The number of aliphatic hydroxyl groups is 2. The maximum absolute atomic E-state index is 13.7. The monoisotopic (exact) mass is 516 g/mol. The zero-order valence-electron chi connectivity index (χ0n) is 20.7. The molecule has 0 aliphatic carbocycles. The van der Waals surface area contributed by atoms with Gasteiger partial charge in [0.05, 0.1) is 17.2 Å². The molecular formula is C28H28N4O6. The quantitative estimate of drug-likeness (QED) is 0.146. The maximum atomic E-state index is 13.7. The van der Waals surface area contributed by atoms with Gasteiger partial charge in [-0.1, -0.05) is 31.2 Å². The Kier molecular flexibility index (Phi) is 7.56. The zero-order chi connectivity index (χ0) is 27.4. The first-order valence-corrected chi connectivity index (χ1v) is 12.0. The van der Waals surface area contributed by atoms with E-state index in [1.54, 1.807) is 67.6 Å². The number of nitrogen functional groups attached to an aromatic ring is 1. The highest BCUT2D eigenvalue weighted by molar-refractivity contribution is 6.07. The molecule has 4 rings (SSSR count). The molecule has 0 saturated carbocycles. The minimum absolute atomic E-state index is 0.0601. The number of hydrogen-bond donors (Lipinski definition) is 4. The van der Waals surface area contributed by atoms with Crippen LogP contribution in [0.1, 0.15) is 34.8 Å². The van der Waals surface area contributed by atoms with Gasteiger partial charge in [0.15, 0.2) is 5.60 Å². The molecule has 0 saturated heterocycles. The van der Waals surface area contributed by atoms with Crippen molar-refractivity contribution in [3.63, 3.8) is 0 Å². The third kappa shape index (κ3) is 5.13. The number of benzene rings is 3. The molecule has 0 radical (unpaired) electrons. The summed E-state index contributed by atoms with van der Waals surface area (Å²) in [5.41, 5.74) is 6.08.